The summed E-state index contributed by atoms with van der Waals surface area (Å²) in [6.45, 7) is 0.732. The Kier molecular flexibility index (Phi) is 3.01. The maximum atomic E-state index is 12.3. The van der Waals surface area contributed by atoms with Gasteiger partial charge in [-0.15, -0.1) is 11.3 Å². The SMILES string of the molecule is O=C(c1ccc(Cl)s1)C1CCOC2(CCC2)C1. The van der Waals surface area contributed by atoms with Gasteiger partial charge in [0.05, 0.1) is 14.8 Å². The number of rotatable bonds is 2. The molecule has 2 fully saturated rings. The van der Waals surface area contributed by atoms with Crippen molar-refractivity contribution in [3.63, 3.8) is 0 Å². The highest BCUT2D eigenvalue weighted by Crippen LogP contribution is 2.45. The lowest BCUT2D eigenvalue weighted by Crippen LogP contribution is -2.46. The van der Waals surface area contributed by atoms with Gasteiger partial charge in [-0.1, -0.05) is 11.6 Å². The van der Waals surface area contributed by atoms with E-state index in [1.54, 1.807) is 6.07 Å². The minimum atomic E-state index is 0.0413. The molecule has 2 nitrogen and oxygen atoms in total. The van der Waals surface area contributed by atoms with Gasteiger partial charge in [0.25, 0.3) is 0 Å². The van der Waals surface area contributed by atoms with Gasteiger partial charge in [-0.3, -0.25) is 4.79 Å². The van der Waals surface area contributed by atoms with E-state index in [0.29, 0.717) is 4.34 Å². The minimum Gasteiger partial charge on any atom is -0.375 e. The standard InChI is InChI=1S/C13H15ClO2S/c14-11-3-2-10(17-11)12(15)9-4-7-16-13(8-9)5-1-6-13/h2-3,9H,1,4-8H2. The third-order valence-electron chi connectivity index (χ3n) is 3.94. The van der Waals surface area contributed by atoms with Crippen molar-refractivity contribution >= 4 is 28.7 Å². The molecule has 0 radical (unpaired) electrons. The van der Waals surface area contributed by atoms with Crippen LogP contribution in [-0.2, 0) is 4.74 Å². The highest BCUT2D eigenvalue weighted by molar-refractivity contribution is 7.18. The van der Waals surface area contributed by atoms with E-state index in [2.05, 4.69) is 0 Å². The summed E-state index contributed by atoms with van der Waals surface area (Å²) in [4.78, 5) is 13.1. The number of ether oxygens (including phenoxy) is 1. The Bertz CT molecular complexity index is 436. The fraction of sp³-hybridized carbons (Fsp3) is 0.615. The van der Waals surface area contributed by atoms with E-state index >= 15 is 0 Å². The Balaban J connectivity index is 1.73. The minimum absolute atomic E-state index is 0.0413. The van der Waals surface area contributed by atoms with Crippen LogP contribution in [0.25, 0.3) is 0 Å². The van der Waals surface area contributed by atoms with Gasteiger partial charge in [-0.05, 0) is 44.2 Å². The van der Waals surface area contributed by atoms with Crippen molar-refractivity contribution in [3.05, 3.63) is 21.3 Å². The fourth-order valence-corrected chi connectivity index (χ4v) is 3.88. The van der Waals surface area contributed by atoms with Crippen molar-refractivity contribution in [2.75, 3.05) is 6.61 Å². The molecule has 4 heteroatoms. The van der Waals surface area contributed by atoms with E-state index in [4.69, 9.17) is 16.3 Å². The zero-order valence-corrected chi connectivity index (χ0v) is 11.1. The van der Waals surface area contributed by atoms with Crippen LogP contribution in [0.2, 0.25) is 4.34 Å². The Labute approximate surface area is 110 Å². The van der Waals surface area contributed by atoms with Crippen LogP contribution < -0.4 is 0 Å². The van der Waals surface area contributed by atoms with Crippen LogP contribution in [0.15, 0.2) is 12.1 Å². The molecular formula is C13H15ClO2S. The number of Topliss-reactive ketones (excluding diaryl/α,β-unsaturated/α-hetero) is 1. The van der Waals surface area contributed by atoms with Crippen LogP contribution in [-0.4, -0.2) is 18.0 Å². The van der Waals surface area contributed by atoms with Crippen LogP contribution in [0.4, 0.5) is 0 Å². The predicted molar refractivity (Wildman–Crippen MR) is 68.9 cm³/mol. The van der Waals surface area contributed by atoms with Gasteiger partial charge in [0.1, 0.15) is 0 Å². The summed E-state index contributed by atoms with van der Waals surface area (Å²) in [7, 11) is 0. The first kappa shape index (κ1) is 11.7. The van der Waals surface area contributed by atoms with Crippen molar-refractivity contribution in [1.82, 2.24) is 0 Å². The molecule has 17 heavy (non-hydrogen) atoms. The molecule has 1 aromatic heterocycles. The Morgan fingerprint density at radius 3 is 2.88 bits per heavy atom. The van der Waals surface area contributed by atoms with Crippen molar-refractivity contribution in [2.45, 2.75) is 37.7 Å². The molecule has 1 aliphatic heterocycles. The molecule has 3 rings (SSSR count). The molecule has 1 saturated heterocycles. The number of thiophene rings is 1. The zero-order valence-electron chi connectivity index (χ0n) is 9.58. The van der Waals surface area contributed by atoms with Gasteiger partial charge in [0, 0.05) is 12.5 Å². The molecule has 2 aliphatic rings. The molecule has 1 spiro atoms. The number of halogens is 1. The molecule has 1 aromatic rings. The molecule has 1 aliphatic carbocycles. The maximum Gasteiger partial charge on any atom is 0.176 e. The monoisotopic (exact) mass is 270 g/mol. The van der Waals surface area contributed by atoms with Crippen molar-refractivity contribution < 1.29 is 9.53 Å². The second-order valence-corrected chi connectivity index (χ2v) is 6.76. The Morgan fingerprint density at radius 2 is 2.29 bits per heavy atom. The summed E-state index contributed by atoms with van der Waals surface area (Å²) >= 11 is 7.27. The molecule has 92 valence electrons. The molecule has 0 aromatic carbocycles. The third kappa shape index (κ3) is 2.16. The predicted octanol–water partition coefficient (Wildman–Crippen LogP) is 3.93. The molecule has 0 bridgehead atoms. The lowest BCUT2D eigenvalue weighted by atomic mass is 9.71. The molecule has 2 heterocycles. The average Bonchev–Trinajstić information content (AvgIpc) is 2.73. The molecule has 0 amide bonds. The molecule has 1 saturated carbocycles. The number of carbonyl (C=O) groups is 1. The van der Waals surface area contributed by atoms with E-state index in [9.17, 15) is 4.79 Å². The number of ketones is 1. The van der Waals surface area contributed by atoms with E-state index < -0.39 is 0 Å². The second kappa shape index (κ2) is 4.38. The number of hydrogen-bond acceptors (Lipinski definition) is 3. The van der Waals surface area contributed by atoms with E-state index in [0.717, 1.165) is 37.2 Å². The first-order valence-electron chi connectivity index (χ1n) is 6.12. The summed E-state index contributed by atoms with van der Waals surface area (Å²) in [6.07, 6.45) is 5.26. The molecular weight excluding hydrogens is 256 g/mol. The first-order chi connectivity index (χ1) is 8.19. The quantitative estimate of drug-likeness (QED) is 0.761. The van der Waals surface area contributed by atoms with Gasteiger partial charge >= 0.3 is 0 Å². The van der Waals surface area contributed by atoms with Gasteiger partial charge < -0.3 is 4.74 Å². The smallest absolute Gasteiger partial charge is 0.176 e. The number of carbonyl (C=O) groups excluding carboxylic acids is 1. The van der Waals surface area contributed by atoms with Gasteiger partial charge in [0.15, 0.2) is 5.78 Å². The second-order valence-electron chi connectivity index (χ2n) is 5.04. The van der Waals surface area contributed by atoms with Crippen LogP contribution in [0.1, 0.15) is 41.8 Å². The highest BCUT2D eigenvalue weighted by Gasteiger charge is 2.44. The van der Waals surface area contributed by atoms with Crippen LogP contribution in [0, 0.1) is 5.92 Å². The van der Waals surface area contributed by atoms with Gasteiger partial charge in [-0.25, -0.2) is 0 Å². The fourth-order valence-electron chi connectivity index (χ4n) is 2.82. The third-order valence-corrected chi connectivity index (χ3v) is 5.19. The first-order valence-corrected chi connectivity index (χ1v) is 7.32. The van der Waals surface area contributed by atoms with Gasteiger partial charge in [-0.2, -0.15) is 0 Å². The van der Waals surface area contributed by atoms with E-state index in [-0.39, 0.29) is 17.3 Å². The Morgan fingerprint density at radius 1 is 1.47 bits per heavy atom. The molecule has 1 atom stereocenters. The summed E-state index contributed by atoms with van der Waals surface area (Å²) in [5, 5.41) is 0. The van der Waals surface area contributed by atoms with Crippen LogP contribution >= 0.6 is 22.9 Å². The summed E-state index contributed by atoms with van der Waals surface area (Å²) in [5.74, 6) is 0.398. The van der Waals surface area contributed by atoms with Crippen LogP contribution in [0.5, 0.6) is 0 Å². The summed E-state index contributed by atoms with van der Waals surface area (Å²) < 4.78 is 6.54. The lowest BCUT2D eigenvalue weighted by Gasteiger charge is -2.46. The lowest BCUT2D eigenvalue weighted by molar-refractivity contribution is -0.137. The number of hydrogen-bond donors (Lipinski definition) is 0. The Hall–Kier alpha value is -0.380. The van der Waals surface area contributed by atoms with Crippen LogP contribution in [0.3, 0.4) is 0 Å². The largest absolute Gasteiger partial charge is 0.375 e. The van der Waals surface area contributed by atoms with Gasteiger partial charge in [0.2, 0.25) is 0 Å². The van der Waals surface area contributed by atoms with Crippen molar-refractivity contribution in [2.24, 2.45) is 5.92 Å². The topological polar surface area (TPSA) is 26.3 Å². The van der Waals surface area contributed by atoms with Crippen molar-refractivity contribution in [3.8, 4) is 0 Å². The highest BCUT2D eigenvalue weighted by atomic mass is 35.5. The van der Waals surface area contributed by atoms with Crippen molar-refractivity contribution in [1.29, 1.82) is 0 Å². The summed E-state index contributed by atoms with van der Waals surface area (Å²) in [5.41, 5.74) is 0.0413. The molecule has 1 unspecified atom stereocenters. The molecule has 0 N–H and O–H groups in total. The normalized spacial score (nSPS) is 26.8. The zero-order chi connectivity index (χ0) is 11.9. The average molecular weight is 271 g/mol. The maximum absolute atomic E-state index is 12.3. The summed E-state index contributed by atoms with van der Waals surface area (Å²) in [6, 6.07) is 3.65. The van der Waals surface area contributed by atoms with E-state index in [1.165, 1.54) is 17.8 Å². The van der Waals surface area contributed by atoms with E-state index in [1.807, 2.05) is 6.07 Å².